The number of halogens is 1. The SMILES string of the molecule is CCCC(C)(F)CCC.CCCC(C)CCC.COc1cc(C)ccc1N. The number of hydrogen-bond acceptors (Lipinski definition) is 2. The fourth-order valence-electron chi connectivity index (χ4n) is 3.12. The first-order valence-corrected chi connectivity index (χ1v) is 10.8. The van der Waals surface area contributed by atoms with Gasteiger partial charge in [0, 0.05) is 0 Å². The molecule has 0 radical (unpaired) electrons. The van der Waals surface area contributed by atoms with Crippen LogP contribution in [0.5, 0.6) is 5.75 Å². The molecule has 1 aromatic rings. The van der Waals surface area contributed by atoms with E-state index in [9.17, 15) is 4.39 Å². The number of hydrogen-bond donors (Lipinski definition) is 1. The van der Waals surface area contributed by atoms with Gasteiger partial charge in [0.05, 0.1) is 12.8 Å². The molecular weight excluding hydrogens is 337 g/mol. The van der Waals surface area contributed by atoms with Crippen molar-refractivity contribution in [2.24, 2.45) is 5.92 Å². The minimum atomic E-state index is -0.899. The van der Waals surface area contributed by atoms with Crippen LogP contribution in [0.1, 0.15) is 98.5 Å². The average Bonchev–Trinajstić information content (AvgIpc) is 2.58. The van der Waals surface area contributed by atoms with Crippen LogP contribution in [-0.4, -0.2) is 12.8 Å². The van der Waals surface area contributed by atoms with Gasteiger partial charge in [0.1, 0.15) is 11.4 Å². The molecule has 0 aliphatic rings. The predicted octanol–water partition coefficient (Wildman–Crippen LogP) is 8.12. The van der Waals surface area contributed by atoms with Gasteiger partial charge < -0.3 is 10.5 Å². The summed E-state index contributed by atoms with van der Waals surface area (Å²) < 4.78 is 18.1. The van der Waals surface area contributed by atoms with Gasteiger partial charge in [0.2, 0.25) is 0 Å². The Kier molecular flexibility index (Phi) is 17.5. The van der Waals surface area contributed by atoms with Crippen molar-refractivity contribution >= 4 is 5.69 Å². The summed E-state index contributed by atoms with van der Waals surface area (Å²) in [5, 5.41) is 0. The zero-order valence-corrected chi connectivity index (χ0v) is 19.3. The first kappa shape index (κ1) is 28.0. The number of alkyl halides is 1. The molecule has 0 aliphatic carbocycles. The highest BCUT2D eigenvalue weighted by Crippen LogP contribution is 2.23. The lowest BCUT2D eigenvalue weighted by atomic mass is 9.97. The lowest BCUT2D eigenvalue weighted by Crippen LogP contribution is -2.16. The van der Waals surface area contributed by atoms with E-state index in [2.05, 4.69) is 20.8 Å². The molecule has 27 heavy (non-hydrogen) atoms. The molecule has 0 amide bonds. The second kappa shape index (κ2) is 16.9. The molecule has 1 aromatic carbocycles. The molecular formula is C24H46FNO. The molecule has 0 unspecified atom stereocenters. The highest BCUT2D eigenvalue weighted by atomic mass is 19.1. The second-order valence-electron chi connectivity index (χ2n) is 7.84. The Morgan fingerprint density at radius 2 is 1.48 bits per heavy atom. The summed E-state index contributed by atoms with van der Waals surface area (Å²) in [6, 6.07) is 5.71. The Hall–Kier alpha value is -1.25. The van der Waals surface area contributed by atoms with Gasteiger partial charge in [0.15, 0.2) is 0 Å². The van der Waals surface area contributed by atoms with Crippen molar-refractivity contribution in [3.8, 4) is 5.75 Å². The minimum absolute atomic E-state index is 0.688. The number of aryl methyl sites for hydroxylation is 1. The summed E-state index contributed by atoms with van der Waals surface area (Å²) in [5.41, 5.74) is 6.52. The van der Waals surface area contributed by atoms with Crippen LogP contribution < -0.4 is 10.5 Å². The molecule has 160 valence electrons. The maximum atomic E-state index is 13.1. The van der Waals surface area contributed by atoms with E-state index in [4.69, 9.17) is 10.5 Å². The van der Waals surface area contributed by atoms with E-state index in [0.29, 0.717) is 18.5 Å². The van der Waals surface area contributed by atoms with Gasteiger partial charge in [0.25, 0.3) is 0 Å². The van der Waals surface area contributed by atoms with Crippen LogP contribution in [0.4, 0.5) is 10.1 Å². The summed E-state index contributed by atoms with van der Waals surface area (Å²) in [6.07, 6.45) is 8.84. The minimum Gasteiger partial charge on any atom is -0.495 e. The number of ether oxygens (including phenoxy) is 1. The molecule has 0 spiro atoms. The highest BCUT2D eigenvalue weighted by molar-refractivity contribution is 5.53. The molecule has 2 nitrogen and oxygen atoms in total. The Balaban J connectivity index is 0. The molecule has 1 rings (SSSR count). The van der Waals surface area contributed by atoms with Crippen molar-refractivity contribution < 1.29 is 9.13 Å². The van der Waals surface area contributed by atoms with Crippen molar-refractivity contribution in [2.45, 2.75) is 106 Å². The summed E-state index contributed by atoms with van der Waals surface area (Å²) in [7, 11) is 1.62. The molecule has 0 fully saturated rings. The van der Waals surface area contributed by atoms with E-state index in [1.54, 1.807) is 14.0 Å². The number of anilines is 1. The summed E-state index contributed by atoms with van der Waals surface area (Å²) in [5.74, 6) is 1.71. The number of benzene rings is 1. The van der Waals surface area contributed by atoms with Gasteiger partial charge in [-0.25, -0.2) is 4.39 Å². The Morgan fingerprint density at radius 3 is 1.81 bits per heavy atom. The Labute approximate surface area is 169 Å². The zero-order chi connectivity index (χ0) is 21.3. The molecule has 3 heteroatoms. The van der Waals surface area contributed by atoms with Crippen LogP contribution in [0.25, 0.3) is 0 Å². The molecule has 0 aliphatic heterocycles. The van der Waals surface area contributed by atoms with E-state index in [1.165, 1.54) is 25.7 Å². The second-order valence-corrected chi connectivity index (χ2v) is 7.84. The maximum absolute atomic E-state index is 13.1. The van der Waals surface area contributed by atoms with Crippen LogP contribution in [0, 0.1) is 12.8 Å². The van der Waals surface area contributed by atoms with E-state index in [1.807, 2.05) is 39.0 Å². The molecule has 0 saturated heterocycles. The van der Waals surface area contributed by atoms with Crippen LogP contribution in [0.3, 0.4) is 0 Å². The van der Waals surface area contributed by atoms with Gasteiger partial charge in [-0.15, -0.1) is 0 Å². The molecule has 0 heterocycles. The first-order chi connectivity index (χ1) is 12.7. The van der Waals surface area contributed by atoms with Crippen LogP contribution >= 0.6 is 0 Å². The van der Waals surface area contributed by atoms with Gasteiger partial charge in [-0.2, -0.15) is 0 Å². The van der Waals surface area contributed by atoms with E-state index >= 15 is 0 Å². The van der Waals surface area contributed by atoms with E-state index in [0.717, 1.165) is 30.1 Å². The first-order valence-electron chi connectivity index (χ1n) is 10.8. The Bertz CT molecular complexity index is 446. The highest BCUT2D eigenvalue weighted by Gasteiger charge is 2.19. The average molecular weight is 384 g/mol. The molecule has 0 atom stereocenters. The third kappa shape index (κ3) is 16.6. The number of nitrogens with two attached hydrogens (primary N) is 1. The quantitative estimate of drug-likeness (QED) is 0.437. The van der Waals surface area contributed by atoms with Gasteiger partial charge in [-0.3, -0.25) is 0 Å². The fraction of sp³-hybridized carbons (Fsp3) is 0.750. The van der Waals surface area contributed by atoms with E-state index < -0.39 is 5.67 Å². The van der Waals surface area contributed by atoms with Gasteiger partial charge in [-0.1, -0.05) is 79.2 Å². The molecule has 0 aromatic heterocycles. The van der Waals surface area contributed by atoms with Crippen molar-refractivity contribution in [1.29, 1.82) is 0 Å². The summed E-state index contributed by atoms with van der Waals surface area (Å²) in [4.78, 5) is 0. The third-order valence-electron chi connectivity index (χ3n) is 4.49. The maximum Gasteiger partial charge on any atom is 0.142 e. The van der Waals surface area contributed by atoms with E-state index in [-0.39, 0.29) is 0 Å². The normalized spacial score (nSPS) is 10.6. The van der Waals surface area contributed by atoms with Crippen LogP contribution in [0.15, 0.2) is 18.2 Å². The predicted molar refractivity (Wildman–Crippen MR) is 120 cm³/mol. The summed E-state index contributed by atoms with van der Waals surface area (Å²) in [6.45, 7) is 14.6. The monoisotopic (exact) mass is 383 g/mol. The fourth-order valence-corrected chi connectivity index (χ4v) is 3.12. The molecule has 0 saturated carbocycles. The lowest BCUT2D eigenvalue weighted by Gasteiger charge is -2.17. The van der Waals surface area contributed by atoms with Gasteiger partial charge in [-0.05, 0) is 50.3 Å². The topological polar surface area (TPSA) is 35.2 Å². The Morgan fingerprint density at radius 1 is 1.00 bits per heavy atom. The molecule has 0 bridgehead atoms. The van der Waals surface area contributed by atoms with Gasteiger partial charge >= 0.3 is 0 Å². The largest absolute Gasteiger partial charge is 0.495 e. The number of rotatable bonds is 9. The third-order valence-corrected chi connectivity index (χ3v) is 4.49. The van der Waals surface area contributed by atoms with Crippen LogP contribution in [-0.2, 0) is 0 Å². The van der Waals surface area contributed by atoms with Crippen molar-refractivity contribution in [1.82, 2.24) is 0 Å². The van der Waals surface area contributed by atoms with Crippen molar-refractivity contribution in [2.75, 3.05) is 12.8 Å². The number of nitrogen functional groups attached to an aromatic ring is 1. The lowest BCUT2D eigenvalue weighted by molar-refractivity contribution is 0.159. The standard InChI is InChI=1S/C8H17F.C8H11NO.C8H18/c1-4-6-8(3,9)7-5-2;1-6-3-4-7(9)8(5-6)10-2;1-4-6-8(3)7-5-2/h4-7H2,1-3H3;3-5H,9H2,1-2H3;8H,4-7H2,1-3H3. The zero-order valence-electron chi connectivity index (χ0n) is 19.3. The summed E-state index contributed by atoms with van der Waals surface area (Å²) >= 11 is 0. The van der Waals surface area contributed by atoms with Crippen molar-refractivity contribution in [3.63, 3.8) is 0 Å². The smallest absolute Gasteiger partial charge is 0.142 e. The van der Waals surface area contributed by atoms with Crippen LogP contribution in [0.2, 0.25) is 0 Å². The van der Waals surface area contributed by atoms with Crippen molar-refractivity contribution in [3.05, 3.63) is 23.8 Å². The number of methoxy groups -OCH3 is 1. The molecule has 2 N–H and O–H groups in total.